The summed E-state index contributed by atoms with van der Waals surface area (Å²) in [6.07, 6.45) is 0. The molecule has 0 fully saturated rings. The van der Waals surface area contributed by atoms with Crippen LogP contribution in [0.5, 0.6) is 0 Å². The van der Waals surface area contributed by atoms with Gasteiger partial charge in [0.05, 0.1) is 22.3 Å². The fourth-order valence-electron chi connectivity index (χ4n) is 4.27. The highest BCUT2D eigenvalue weighted by atomic mass is 79.9. The van der Waals surface area contributed by atoms with E-state index in [9.17, 15) is 5.11 Å². The number of halogens is 1. The van der Waals surface area contributed by atoms with Crippen molar-refractivity contribution in [3.05, 3.63) is 101 Å². The van der Waals surface area contributed by atoms with E-state index in [1.54, 1.807) is 0 Å². The molecule has 5 aromatic rings. The molecule has 5 rings (SSSR count). The Labute approximate surface area is 184 Å². The van der Waals surface area contributed by atoms with E-state index >= 15 is 0 Å². The van der Waals surface area contributed by atoms with Gasteiger partial charge >= 0.3 is 0 Å². The Morgan fingerprint density at radius 1 is 0.700 bits per heavy atom. The van der Waals surface area contributed by atoms with Crippen LogP contribution in [-0.2, 0) is 5.60 Å². The van der Waals surface area contributed by atoms with E-state index in [0.29, 0.717) is 0 Å². The molecule has 4 aromatic carbocycles. The van der Waals surface area contributed by atoms with Crippen molar-refractivity contribution in [1.82, 2.24) is 4.57 Å². The molecule has 1 N–H and O–H groups in total. The minimum atomic E-state index is -0.940. The maximum absolute atomic E-state index is 10.8. The maximum atomic E-state index is 10.8. The Morgan fingerprint density at radius 2 is 1.40 bits per heavy atom. The normalized spacial score (nSPS) is 12.0. The van der Waals surface area contributed by atoms with Gasteiger partial charge in [0.2, 0.25) is 0 Å². The summed E-state index contributed by atoms with van der Waals surface area (Å²) in [6, 6.07) is 31.6. The van der Waals surface area contributed by atoms with Crippen molar-refractivity contribution in [1.29, 1.82) is 0 Å². The number of hydrogen-bond acceptors (Lipinski definition) is 1. The lowest BCUT2D eigenvalue weighted by atomic mass is 9.96. The third-order valence-corrected chi connectivity index (χ3v) is 6.13. The van der Waals surface area contributed by atoms with Crippen molar-refractivity contribution in [3.8, 4) is 16.8 Å². The largest absolute Gasteiger partial charge is 0.386 e. The standard InChI is InChI=1S/C27H22BrNO/c1-27(2,30)23-11-4-6-13-26(23)29-24-12-5-3-10-21(24)22-17-19(14-15-25(22)29)18-8-7-9-20(28)16-18/h3-17,30H,1-2H3. The van der Waals surface area contributed by atoms with Crippen molar-refractivity contribution >= 4 is 37.7 Å². The summed E-state index contributed by atoms with van der Waals surface area (Å²) in [5.74, 6) is 0. The molecule has 30 heavy (non-hydrogen) atoms. The highest BCUT2D eigenvalue weighted by Gasteiger charge is 2.22. The second-order valence-electron chi connectivity index (χ2n) is 8.17. The van der Waals surface area contributed by atoms with Crippen LogP contribution in [0.2, 0.25) is 0 Å². The molecule has 0 amide bonds. The maximum Gasteiger partial charge on any atom is 0.0860 e. The van der Waals surface area contributed by atoms with Crippen LogP contribution < -0.4 is 0 Å². The average Bonchev–Trinajstić information content (AvgIpc) is 3.07. The smallest absolute Gasteiger partial charge is 0.0860 e. The quantitative estimate of drug-likeness (QED) is 0.300. The number of rotatable bonds is 3. The van der Waals surface area contributed by atoms with E-state index in [4.69, 9.17) is 0 Å². The third kappa shape index (κ3) is 3.15. The summed E-state index contributed by atoms with van der Waals surface area (Å²) in [6.45, 7) is 3.68. The van der Waals surface area contributed by atoms with Gasteiger partial charge in [-0.1, -0.05) is 70.5 Å². The molecule has 148 valence electrons. The molecule has 0 aliphatic rings. The van der Waals surface area contributed by atoms with Gasteiger partial charge in [0.25, 0.3) is 0 Å². The number of aliphatic hydroxyl groups is 1. The molecule has 0 atom stereocenters. The molecule has 0 bridgehead atoms. The van der Waals surface area contributed by atoms with Gasteiger partial charge in [-0.15, -0.1) is 0 Å². The van der Waals surface area contributed by atoms with Crippen molar-refractivity contribution < 1.29 is 5.11 Å². The van der Waals surface area contributed by atoms with Crippen LogP contribution in [0.25, 0.3) is 38.6 Å². The zero-order valence-corrected chi connectivity index (χ0v) is 18.5. The highest BCUT2D eigenvalue weighted by molar-refractivity contribution is 9.10. The first kappa shape index (κ1) is 19.1. The topological polar surface area (TPSA) is 25.2 Å². The van der Waals surface area contributed by atoms with Gasteiger partial charge in [0, 0.05) is 20.8 Å². The van der Waals surface area contributed by atoms with E-state index in [1.807, 2.05) is 38.1 Å². The van der Waals surface area contributed by atoms with Crippen LogP contribution in [0.4, 0.5) is 0 Å². The van der Waals surface area contributed by atoms with Crippen LogP contribution in [0, 0.1) is 0 Å². The Morgan fingerprint density at radius 3 is 2.20 bits per heavy atom. The van der Waals surface area contributed by atoms with Crippen LogP contribution in [0.1, 0.15) is 19.4 Å². The summed E-state index contributed by atoms with van der Waals surface area (Å²) in [5.41, 5.74) is 5.60. The molecule has 0 aliphatic carbocycles. The molecule has 0 radical (unpaired) electrons. The van der Waals surface area contributed by atoms with E-state index in [-0.39, 0.29) is 0 Å². The summed E-state index contributed by atoms with van der Waals surface area (Å²) in [4.78, 5) is 0. The molecule has 0 saturated heterocycles. The van der Waals surface area contributed by atoms with Gasteiger partial charge in [-0.05, 0) is 61.4 Å². The predicted octanol–water partition coefficient (Wildman–Crippen LogP) is 7.44. The minimum absolute atomic E-state index is 0.906. The second kappa shape index (κ2) is 7.12. The fraction of sp³-hybridized carbons (Fsp3) is 0.111. The van der Waals surface area contributed by atoms with Gasteiger partial charge in [0.15, 0.2) is 0 Å². The summed E-state index contributed by atoms with van der Waals surface area (Å²) in [5, 5.41) is 13.2. The Balaban J connectivity index is 1.84. The summed E-state index contributed by atoms with van der Waals surface area (Å²) in [7, 11) is 0. The molecular formula is C27H22BrNO. The van der Waals surface area contributed by atoms with E-state index in [2.05, 4.69) is 87.2 Å². The number of benzene rings is 4. The number of aromatic nitrogens is 1. The molecular weight excluding hydrogens is 434 g/mol. The minimum Gasteiger partial charge on any atom is -0.386 e. The van der Waals surface area contributed by atoms with Crippen molar-refractivity contribution in [2.75, 3.05) is 0 Å². The zero-order valence-electron chi connectivity index (χ0n) is 16.9. The monoisotopic (exact) mass is 455 g/mol. The molecule has 0 unspecified atom stereocenters. The van der Waals surface area contributed by atoms with Crippen LogP contribution in [0.15, 0.2) is 95.5 Å². The first-order chi connectivity index (χ1) is 14.4. The Hall–Kier alpha value is -2.88. The van der Waals surface area contributed by atoms with Gasteiger partial charge in [-0.25, -0.2) is 0 Å². The molecule has 0 aliphatic heterocycles. The van der Waals surface area contributed by atoms with Crippen molar-refractivity contribution in [2.24, 2.45) is 0 Å². The summed E-state index contributed by atoms with van der Waals surface area (Å²) >= 11 is 3.58. The lowest BCUT2D eigenvalue weighted by molar-refractivity contribution is 0.0786. The van der Waals surface area contributed by atoms with E-state index < -0.39 is 5.60 Å². The van der Waals surface area contributed by atoms with Crippen molar-refractivity contribution in [2.45, 2.75) is 19.4 Å². The van der Waals surface area contributed by atoms with Crippen LogP contribution in [0.3, 0.4) is 0 Å². The van der Waals surface area contributed by atoms with E-state index in [1.165, 1.54) is 21.9 Å². The van der Waals surface area contributed by atoms with Gasteiger partial charge in [0.1, 0.15) is 0 Å². The first-order valence-corrected chi connectivity index (χ1v) is 10.8. The highest BCUT2D eigenvalue weighted by Crippen LogP contribution is 2.37. The SMILES string of the molecule is CC(C)(O)c1ccccc1-n1c2ccccc2c2cc(-c3cccc(Br)c3)ccc21. The molecule has 0 saturated carbocycles. The number of fused-ring (bicyclic) bond motifs is 3. The third-order valence-electron chi connectivity index (χ3n) is 5.63. The zero-order chi connectivity index (χ0) is 20.9. The van der Waals surface area contributed by atoms with Gasteiger partial charge in [-0.2, -0.15) is 0 Å². The molecule has 1 aromatic heterocycles. The Kier molecular flexibility index (Phi) is 4.53. The lowest BCUT2D eigenvalue weighted by Gasteiger charge is -2.23. The van der Waals surface area contributed by atoms with Crippen LogP contribution >= 0.6 is 15.9 Å². The summed E-state index contributed by atoms with van der Waals surface area (Å²) < 4.78 is 3.34. The van der Waals surface area contributed by atoms with Crippen LogP contribution in [-0.4, -0.2) is 9.67 Å². The van der Waals surface area contributed by atoms with Crippen molar-refractivity contribution in [3.63, 3.8) is 0 Å². The molecule has 1 heterocycles. The Bertz CT molecular complexity index is 1390. The number of para-hydroxylation sites is 2. The second-order valence-corrected chi connectivity index (χ2v) is 9.09. The molecule has 2 nitrogen and oxygen atoms in total. The van der Waals surface area contributed by atoms with Gasteiger partial charge < -0.3 is 9.67 Å². The average molecular weight is 456 g/mol. The fourth-order valence-corrected chi connectivity index (χ4v) is 4.67. The number of hydrogen-bond donors (Lipinski definition) is 1. The lowest BCUT2D eigenvalue weighted by Crippen LogP contribution is -2.18. The van der Waals surface area contributed by atoms with E-state index in [0.717, 1.165) is 26.8 Å². The van der Waals surface area contributed by atoms with Gasteiger partial charge in [-0.3, -0.25) is 0 Å². The first-order valence-electron chi connectivity index (χ1n) is 10.0. The molecule has 0 spiro atoms. The predicted molar refractivity (Wildman–Crippen MR) is 129 cm³/mol. The molecule has 3 heteroatoms. The number of nitrogens with zero attached hydrogens (tertiary/aromatic N) is 1.